The van der Waals surface area contributed by atoms with Crippen molar-refractivity contribution >= 4 is 5.91 Å². The van der Waals surface area contributed by atoms with Crippen LogP contribution in [0.3, 0.4) is 0 Å². The zero-order valence-electron chi connectivity index (χ0n) is 12.5. The van der Waals surface area contributed by atoms with Crippen molar-refractivity contribution in [1.82, 2.24) is 10.6 Å². The van der Waals surface area contributed by atoms with Crippen LogP contribution in [0.4, 0.5) is 0 Å². The molecule has 1 heterocycles. The van der Waals surface area contributed by atoms with Crippen molar-refractivity contribution in [3.8, 4) is 5.75 Å². The van der Waals surface area contributed by atoms with Crippen LogP contribution in [0.5, 0.6) is 5.75 Å². The van der Waals surface area contributed by atoms with E-state index in [4.69, 9.17) is 4.74 Å². The van der Waals surface area contributed by atoms with Crippen molar-refractivity contribution in [2.24, 2.45) is 5.92 Å². The topological polar surface area (TPSA) is 50.4 Å². The molecule has 2 N–H and O–H groups in total. The SMILES string of the molecule is CC(C)CNC(=O)C(C)NC1CCOc2ccccc21. The molecule has 0 fully saturated rings. The second-order valence-electron chi connectivity index (χ2n) is 5.75. The van der Waals surface area contributed by atoms with Gasteiger partial charge in [0.25, 0.3) is 0 Å². The average molecular weight is 276 g/mol. The van der Waals surface area contributed by atoms with Gasteiger partial charge in [-0.15, -0.1) is 0 Å². The normalized spacial score (nSPS) is 19.1. The molecule has 0 radical (unpaired) electrons. The first-order chi connectivity index (χ1) is 9.58. The van der Waals surface area contributed by atoms with Crippen LogP contribution in [-0.2, 0) is 4.79 Å². The molecule has 0 bridgehead atoms. The fraction of sp³-hybridized carbons (Fsp3) is 0.562. The van der Waals surface area contributed by atoms with Gasteiger partial charge in [-0.3, -0.25) is 10.1 Å². The predicted molar refractivity (Wildman–Crippen MR) is 79.7 cm³/mol. The highest BCUT2D eigenvalue weighted by molar-refractivity contribution is 5.81. The second kappa shape index (κ2) is 6.75. The Bertz CT molecular complexity index is 460. The molecule has 110 valence electrons. The number of nitrogens with one attached hydrogen (secondary N) is 2. The lowest BCUT2D eigenvalue weighted by atomic mass is 9.99. The van der Waals surface area contributed by atoms with Gasteiger partial charge in [0.15, 0.2) is 0 Å². The first kappa shape index (κ1) is 14.9. The molecule has 2 rings (SSSR count). The maximum atomic E-state index is 12.0. The third-order valence-electron chi connectivity index (χ3n) is 3.49. The van der Waals surface area contributed by atoms with Gasteiger partial charge in [0, 0.05) is 24.6 Å². The lowest BCUT2D eigenvalue weighted by Crippen LogP contribution is -2.45. The molecule has 4 heteroatoms. The van der Waals surface area contributed by atoms with Crippen molar-refractivity contribution < 1.29 is 9.53 Å². The fourth-order valence-corrected chi connectivity index (χ4v) is 2.35. The van der Waals surface area contributed by atoms with Gasteiger partial charge in [0.1, 0.15) is 5.75 Å². The number of hydrogen-bond acceptors (Lipinski definition) is 3. The predicted octanol–water partition coefficient (Wildman–Crippen LogP) is 2.26. The lowest BCUT2D eigenvalue weighted by molar-refractivity contribution is -0.123. The van der Waals surface area contributed by atoms with Crippen LogP contribution >= 0.6 is 0 Å². The molecule has 0 aromatic heterocycles. The number of carbonyl (C=O) groups excluding carboxylic acids is 1. The van der Waals surface area contributed by atoms with Gasteiger partial charge in [-0.05, 0) is 18.9 Å². The summed E-state index contributed by atoms with van der Waals surface area (Å²) in [6.45, 7) is 7.50. The van der Waals surface area contributed by atoms with E-state index in [0.717, 1.165) is 24.3 Å². The molecule has 4 nitrogen and oxygen atoms in total. The molecule has 0 spiro atoms. The minimum atomic E-state index is -0.204. The molecule has 1 aromatic carbocycles. The Morgan fingerprint density at radius 2 is 2.10 bits per heavy atom. The molecule has 1 amide bonds. The van der Waals surface area contributed by atoms with E-state index in [1.807, 2.05) is 25.1 Å². The lowest BCUT2D eigenvalue weighted by Gasteiger charge is -2.29. The summed E-state index contributed by atoms with van der Waals surface area (Å²) in [5.41, 5.74) is 1.14. The average Bonchev–Trinajstić information content (AvgIpc) is 2.45. The monoisotopic (exact) mass is 276 g/mol. The molecule has 1 aliphatic heterocycles. The van der Waals surface area contributed by atoms with E-state index < -0.39 is 0 Å². The molecular weight excluding hydrogens is 252 g/mol. The standard InChI is InChI=1S/C16H24N2O2/c1-11(2)10-17-16(19)12(3)18-14-8-9-20-15-7-5-4-6-13(14)15/h4-7,11-12,14,18H,8-10H2,1-3H3,(H,17,19). The van der Waals surface area contributed by atoms with Crippen LogP contribution in [0, 0.1) is 5.92 Å². The molecule has 0 aliphatic carbocycles. The zero-order chi connectivity index (χ0) is 14.5. The van der Waals surface area contributed by atoms with Crippen molar-refractivity contribution in [3.63, 3.8) is 0 Å². The van der Waals surface area contributed by atoms with Crippen molar-refractivity contribution in [1.29, 1.82) is 0 Å². The van der Waals surface area contributed by atoms with Gasteiger partial charge in [-0.2, -0.15) is 0 Å². The highest BCUT2D eigenvalue weighted by Crippen LogP contribution is 2.31. The van der Waals surface area contributed by atoms with Crippen LogP contribution in [0.25, 0.3) is 0 Å². The third-order valence-corrected chi connectivity index (χ3v) is 3.49. The Kier molecular flexibility index (Phi) is 5.01. The van der Waals surface area contributed by atoms with E-state index in [1.54, 1.807) is 0 Å². The Morgan fingerprint density at radius 1 is 1.35 bits per heavy atom. The Labute approximate surface area is 120 Å². The molecular formula is C16H24N2O2. The first-order valence-corrected chi connectivity index (χ1v) is 7.33. The van der Waals surface area contributed by atoms with Gasteiger partial charge < -0.3 is 10.1 Å². The minimum absolute atomic E-state index is 0.0580. The highest BCUT2D eigenvalue weighted by Gasteiger charge is 2.24. The zero-order valence-corrected chi connectivity index (χ0v) is 12.5. The molecule has 2 atom stereocenters. The van der Waals surface area contributed by atoms with Crippen LogP contribution in [0.15, 0.2) is 24.3 Å². The summed E-state index contributed by atoms with van der Waals surface area (Å²) in [6.07, 6.45) is 0.888. The number of fused-ring (bicyclic) bond motifs is 1. The first-order valence-electron chi connectivity index (χ1n) is 7.33. The number of rotatable bonds is 5. The summed E-state index contributed by atoms with van der Waals surface area (Å²) in [5, 5.41) is 6.37. The maximum Gasteiger partial charge on any atom is 0.236 e. The van der Waals surface area contributed by atoms with E-state index in [9.17, 15) is 4.79 Å². The number of para-hydroxylation sites is 1. The van der Waals surface area contributed by atoms with Crippen molar-refractivity contribution in [2.45, 2.75) is 39.3 Å². The number of carbonyl (C=O) groups is 1. The van der Waals surface area contributed by atoms with E-state index in [2.05, 4.69) is 30.5 Å². The number of hydrogen-bond donors (Lipinski definition) is 2. The molecule has 20 heavy (non-hydrogen) atoms. The van der Waals surface area contributed by atoms with Gasteiger partial charge in [0.2, 0.25) is 5.91 Å². The van der Waals surface area contributed by atoms with Gasteiger partial charge in [-0.1, -0.05) is 32.0 Å². The van der Waals surface area contributed by atoms with Gasteiger partial charge in [0.05, 0.1) is 12.6 Å². The highest BCUT2D eigenvalue weighted by atomic mass is 16.5. The summed E-state index contributed by atoms with van der Waals surface area (Å²) in [5.74, 6) is 1.45. The summed E-state index contributed by atoms with van der Waals surface area (Å²) in [4.78, 5) is 12.0. The van der Waals surface area contributed by atoms with Crippen LogP contribution in [-0.4, -0.2) is 25.1 Å². The molecule has 1 aromatic rings. The van der Waals surface area contributed by atoms with E-state index >= 15 is 0 Å². The molecule has 0 saturated carbocycles. The Balaban J connectivity index is 1.95. The molecule has 1 aliphatic rings. The third kappa shape index (κ3) is 3.73. The van der Waals surface area contributed by atoms with Crippen LogP contribution in [0.1, 0.15) is 38.8 Å². The quantitative estimate of drug-likeness (QED) is 0.867. The minimum Gasteiger partial charge on any atom is -0.493 e. The number of ether oxygens (including phenoxy) is 1. The van der Waals surface area contributed by atoms with E-state index in [1.165, 1.54) is 0 Å². The van der Waals surface area contributed by atoms with Crippen molar-refractivity contribution in [3.05, 3.63) is 29.8 Å². The molecule has 2 unspecified atom stereocenters. The summed E-state index contributed by atoms with van der Waals surface area (Å²) in [7, 11) is 0. The number of amides is 1. The van der Waals surface area contributed by atoms with Crippen LogP contribution < -0.4 is 15.4 Å². The molecule has 0 saturated heterocycles. The van der Waals surface area contributed by atoms with E-state index in [-0.39, 0.29) is 18.0 Å². The van der Waals surface area contributed by atoms with Gasteiger partial charge >= 0.3 is 0 Å². The van der Waals surface area contributed by atoms with E-state index in [0.29, 0.717) is 12.5 Å². The van der Waals surface area contributed by atoms with Crippen molar-refractivity contribution in [2.75, 3.05) is 13.2 Å². The summed E-state index contributed by atoms with van der Waals surface area (Å²) < 4.78 is 5.63. The maximum absolute atomic E-state index is 12.0. The van der Waals surface area contributed by atoms with Gasteiger partial charge in [-0.25, -0.2) is 0 Å². The van der Waals surface area contributed by atoms with Crippen LogP contribution in [0.2, 0.25) is 0 Å². The second-order valence-corrected chi connectivity index (χ2v) is 5.75. The Hall–Kier alpha value is -1.55. The largest absolute Gasteiger partial charge is 0.493 e. The fourth-order valence-electron chi connectivity index (χ4n) is 2.35. The summed E-state index contributed by atoms with van der Waals surface area (Å²) >= 11 is 0. The smallest absolute Gasteiger partial charge is 0.236 e. The Morgan fingerprint density at radius 3 is 2.85 bits per heavy atom. The summed E-state index contributed by atoms with van der Waals surface area (Å²) in [6, 6.07) is 7.99. The number of benzene rings is 1.